The van der Waals surface area contributed by atoms with Crippen LogP contribution >= 0.6 is 11.3 Å². The third kappa shape index (κ3) is 3.46. The summed E-state index contributed by atoms with van der Waals surface area (Å²) in [5.74, 6) is 0.699. The zero-order chi connectivity index (χ0) is 22.2. The maximum Gasteiger partial charge on any atom is 0.266 e. The fourth-order valence-electron chi connectivity index (χ4n) is 3.66. The van der Waals surface area contributed by atoms with E-state index >= 15 is 0 Å². The van der Waals surface area contributed by atoms with E-state index in [1.807, 2.05) is 24.3 Å². The molecule has 3 aromatic carbocycles. The summed E-state index contributed by atoms with van der Waals surface area (Å²) in [5, 5.41) is 0.558. The Kier molecular flexibility index (Phi) is 5.03. The van der Waals surface area contributed by atoms with E-state index in [4.69, 9.17) is 9.72 Å². The molecule has 0 bridgehead atoms. The van der Waals surface area contributed by atoms with E-state index in [1.54, 1.807) is 43.5 Å². The molecule has 32 heavy (non-hydrogen) atoms. The third-order valence-corrected chi connectivity index (χ3v) is 6.37. The van der Waals surface area contributed by atoms with Gasteiger partial charge in [-0.1, -0.05) is 24.3 Å². The first-order valence-electron chi connectivity index (χ1n) is 9.90. The average molecular weight is 444 g/mol. The summed E-state index contributed by atoms with van der Waals surface area (Å²) in [4.78, 5) is 31.9. The van der Waals surface area contributed by atoms with Crippen LogP contribution in [0.4, 0.5) is 4.39 Å². The lowest BCUT2D eigenvalue weighted by molar-refractivity contribution is 0.414. The number of ether oxygens (including phenoxy) is 1. The minimum atomic E-state index is -0.419. The molecule has 0 amide bonds. The van der Waals surface area contributed by atoms with Crippen LogP contribution in [0.3, 0.4) is 0 Å². The number of aromatic nitrogens is 2. The number of hydrogen-bond acceptors (Lipinski definition) is 5. The fraction of sp³-hybridized carbons (Fsp3) is 0.0800. The molecule has 0 unspecified atom stereocenters. The van der Waals surface area contributed by atoms with Crippen LogP contribution in [0.25, 0.3) is 31.7 Å². The number of methoxy groups -OCH3 is 1. The molecule has 0 aliphatic heterocycles. The molecule has 7 heteroatoms. The molecule has 5 nitrogen and oxygen atoms in total. The number of fused-ring (bicyclic) bond motifs is 2. The van der Waals surface area contributed by atoms with Gasteiger partial charge < -0.3 is 4.74 Å². The van der Waals surface area contributed by atoms with Crippen LogP contribution in [0.5, 0.6) is 5.75 Å². The van der Waals surface area contributed by atoms with Crippen molar-refractivity contribution in [2.24, 2.45) is 0 Å². The molecule has 2 heterocycles. The largest absolute Gasteiger partial charge is 0.497 e. The summed E-state index contributed by atoms with van der Waals surface area (Å²) in [6.07, 6.45) is 0. The Hall–Kier alpha value is -3.84. The second-order valence-corrected chi connectivity index (χ2v) is 8.32. The average Bonchev–Trinajstić information content (AvgIpc) is 2.82. The fourth-order valence-corrected chi connectivity index (χ4v) is 4.70. The Morgan fingerprint density at radius 1 is 0.969 bits per heavy atom. The zero-order valence-corrected chi connectivity index (χ0v) is 17.9. The van der Waals surface area contributed by atoms with E-state index in [1.165, 1.54) is 28.0 Å². The topological polar surface area (TPSA) is 61.2 Å². The highest BCUT2D eigenvalue weighted by Crippen LogP contribution is 2.25. The van der Waals surface area contributed by atoms with E-state index in [0.717, 1.165) is 10.3 Å². The summed E-state index contributed by atoms with van der Waals surface area (Å²) in [7, 11) is 1.58. The molecule has 158 valence electrons. The molecule has 0 saturated carbocycles. The minimum Gasteiger partial charge on any atom is -0.497 e. The van der Waals surface area contributed by atoms with Crippen molar-refractivity contribution < 1.29 is 9.13 Å². The van der Waals surface area contributed by atoms with Crippen molar-refractivity contribution in [3.05, 3.63) is 105 Å². The van der Waals surface area contributed by atoms with Gasteiger partial charge in [0.2, 0.25) is 5.43 Å². The smallest absolute Gasteiger partial charge is 0.266 e. The van der Waals surface area contributed by atoms with Crippen LogP contribution in [-0.4, -0.2) is 16.7 Å². The summed E-state index contributed by atoms with van der Waals surface area (Å²) in [5.41, 5.74) is 0.680. The molecule has 5 aromatic rings. The summed E-state index contributed by atoms with van der Waals surface area (Å²) in [6.45, 7) is 0.204. The number of halogens is 1. The first-order valence-corrected chi connectivity index (χ1v) is 10.7. The second-order valence-electron chi connectivity index (χ2n) is 7.29. The Morgan fingerprint density at radius 3 is 2.41 bits per heavy atom. The highest BCUT2D eigenvalue weighted by molar-refractivity contribution is 7.24. The number of rotatable bonds is 4. The number of hydrogen-bond donors (Lipinski definition) is 0. The van der Waals surface area contributed by atoms with Gasteiger partial charge in [0.25, 0.3) is 5.56 Å². The standard InChI is InChI=1S/C25H17FN2O3S/c1-31-18-12-6-15(7-13-18)14-28-23(16-8-10-17(26)11-9-16)27-24-21(25(28)30)22(29)19-4-2-3-5-20(19)32-24/h2-13H,14H2,1H3. The molecule has 0 radical (unpaired) electrons. The van der Waals surface area contributed by atoms with Gasteiger partial charge in [-0.3, -0.25) is 14.2 Å². The predicted molar refractivity (Wildman–Crippen MR) is 125 cm³/mol. The van der Waals surface area contributed by atoms with Crippen molar-refractivity contribution >= 4 is 31.6 Å². The lowest BCUT2D eigenvalue weighted by Crippen LogP contribution is -2.27. The van der Waals surface area contributed by atoms with Gasteiger partial charge in [-0.25, -0.2) is 9.37 Å². The molecular formula is C25H17FN2O3S. The minimum absolute atomic E-state index is 0.0630. The Labute approximate surface area is 186 Å². The molecule has 0 fully saturated rings. The van der Waals surface area contributed by atoms with Crippen LogP contribution in [0.15, 0.2) is 82.4 Å². The maximum atomic E-state index is 13.6. The second kappa shape index (κ2) is 8.01. The van der Waals surface area contributed by atoms with E-state index in [9.17, 15) is 14.0 Å². The quantitative estimate of drug-likeness (QED) is 0.373. The van der Waals surface area contributed by atoms with Gasteiger partial charge in [0.15, 0.2) is 0 Å². The zero-order valence-electron chi connectivity index (χ0n) is 17.0. The van der Waals surface area contributed by atoms with Crippen molar-refractivity contribution in [2.75, 3.05) is 7.11 Å². The molecule has 0 aliphatic rings. The highest BCUT2D eigenvalue weighted by Gasteiger charge is 2.18. The number of nitrogens with zero attached hydrogens (tertiary/aromatic N) is 2. The van der Waals surface area contributed by atoms with E-state index < -0.39 is 5.56 Å². The van der Waals surface area contributed by atoms with E-state index in [2.05, 4.69) is 0 Å². The molecule has 5 rings (SSSR count). The van der Waals surface area contributed by atoms with Gasteiger partial charge in [-0.2, -0.15) is 0 Å². The maximum absolute atomic E-state index is 13.6. The van der Waals surface area contributed by atoms with Crippen molar-refractivity contribution in [1.82, 2.24) is 9.55 Å². The first kappa shape index (κ1) is 20.1. The molecular weight excluding hydrogens is 427 g/mol. The van der Waals surface area contributed by atoms with Crippen molar-refractivity contribution in [3.8, 4) is 17.1 Å². The van der Waals surface area contributed by atoms with Gasteiger partial charge >= 0.3 is 0 Å². The summed E-state index contributed by atoms with van der Waals surface area (Å²) >= 11 is 1.30. The summed E-state index contributed by atoms with van der Waals surface area (Å²) in [6, 6.07) is 20.3. The van der Waals surface area contributed by atoms with E-state index in [0.29, 0.717) is 27.4 Å². The molecule has 0 aliphatic carbocycles. The van der Waals surface area contributed by atoms with Gasteiger partial charge in [0.05, 0.1) is 13.7 Å². The van der Waals surface area contributed by atoms with Crippen LogP contribution in [0.1, 0.15) is 5.56 Å². The van der Waals surface area contributed by atoms with Crippen LogP contribution in [-0.2, 0) is 6.54 Å². The van der Waals surface area contributed by atoms with Gasteiger partial charge in [-0.05, 0) is 54.1 Å². The Bertz CT molecular complexity index is 1570. The Morgan fingerprint density at radius 2 is 1.69 bits per heavy atom. The van der Waals surface area contributed by atoms with Crippen molar-refractivity contribution in [3.63, 3.8) is 0 Å². The molecule has 0 saturated heterocycles. The lowest BCUT2D eigenvalue weighted by atomic mass is 10.1. The SMILES string of the molecule is COc1ccc(Cn2c(-c3ccc(F)cc3)nc3sc4ccccc4c(=O)c3c2=O)cc1. The summed E-state index contributed by atoms with van der Waals surface area (Å²) < 4.78 is 21.0. The normalized spacial score (nSPS) is 11.2. The van der Waals surface area contributed by atoms with E-state index in [-0.39, 0.29) is 23.2 Å². The predicted octanol–water partition coefficient (Wildman–Crippen LogP) is 4.83. The van der Waals surface area contributed by atoms with Gasteiger partial charge in [-0.15, -0.1) is 11.3 Å². The van der Waals surface area contributed by atoms with Gasteiger partial charge in [0.1, 0.15) is 27.6 Å². The molecule has 0 atom stereocenters. The molecule has 2 aromatic heterocycles. The monoisotopic (exact) mass is 444 g/mol. The molecule has 0 N–H and O–H groups in total. The lowest BCUT2D eigenvalue weighted by Gasteiger charge is -2.14. The van der Waals surface area contributed by atoms with Crippen LogP contribution in [0.2, 0.25) is 0 Å². The first-order chi connectivity index (χ1) is 15.5. The van der Waals surface area contributed by atoms with Crippen molar-refractivity contribution in [2.45, 2.75) is 6.54 Å². The van der Waals surface area contributed by atoms with Crippen LogP contribution < -0.4 is 15.7 Å². The van der Waals surface area contributed by atoms with Crippen molar-refractivity contribution in [1.29, 1.82) is 0 Å². The highest BCUT2D eigenvalue weighted by atomic mass is 32.1. The van der Waals surface area contributed by atoms with Gasteiger partial charge in [0, 0.05) is 15.6 Å². The number of benzene rings is 3. The van der Waals surface area contributed by atoms with Crippen LogP contribution in [0, 0.1) is 5.82 Å². The third-order valence-electron chi connectivity index (χ3n) is 5.30. The Balaban J connectivity index is 1.80. The molecule has 0 spiro atoms.